The van der Waals surface area contributed by atoms with Crippen LogP contribution < -0.4 is 0 Å². The molecule has 0 amide bonds. The second kappa shape index (κ2) is 4.17. The Bertz CT molecular complexity index is 123. The minimum atomic E-state index is 0.756. The van der Waals surface area contributed by atoms with Crippen LogP contribution >= 0.6 is 0 Å². The number of hydrogen-bond donors (Lipinski definition) is 0. The molecule has 0 radical (unpaired) electrons. The van der Waals surface area contributed by atoms with Gasteiger partial charge in [0.2, 0.25) is 0 Å². The molecule has 0 aliphatic carbocycles. The van der Waals surface area contributed by atoms with Gasteiger partial charge in [-0.1, -0.05) is 0 Å². The summed E-state index contributed by atoms with van der Waals surface area (Å²) in [7, 11) is 0. The Hall–Kier alpha value is 0.298. The van der Waals surface area contributed by atoms with E-state index in [1.807, 2.05) is 0 Å². The van der Waals surface area contributed by atoms with Crippen molar-refractivity contribution in [3.05, 3.63) is 12.2 Å². The van der Waals surface area contributed by atoms with E-state index in [0.29, 0.717) is 0 Å². The standard InChI is InChI=1S/C8H14.W/c1-5-8(4)6-7(2)3;/h7H,4,6H2,1-3H3;. The van der Waals surface area contributed by atoms with E-state index < -0.39 is 0 Å². The normalized spacial score (nSPS) is 9.78. The number of hydrogen-bond acceptors (Lipinski definition) is 0. The quantitative estimate of drug-likeness (QED) is 0.749. The first-order valence-corrected chi connectivity index (χ1v) is 4.69. The van der Waals surface area contributed by atoms with Crippen LogP contribution in [0.25, 0.3) is 0 Å². The van der Waals surface area contributed by atoms with Crippen molar-refractivity contribution in [3.8, 4) is 0 Å². The van der Waals surface area contributed by atoms with Gasteiger partial charge in [0.1, 0.15) is 0 Å². The van der Waals surface area contributed by atoms with Crippen LogP contribution in [0.5, 0.6) is 0 Å². The van der Waals surface area contributed by atoms with Crippen molar-refractivity contribution in [1.29, 1.82) is 0 Å². The summed E-state index contributed by atoms with van der Waals surface area (Å²) in [6.45, 7) is 10.6. The fourth-order valence-electron chi connectivity index (χ4n) is 0.637. The van der Waals surface area contributed by atoms with Gasteiger partial charge in [-0.15, -0.1) is 0 Å². The van der Waals surface area contributed by atoms with Gasteiger partial charge in [0, 0.05) is 0 Å². The van der Waals surface area contributed by atoms with Crippen LogP contribution in [0.3, 0.4) is 0 Å². The summed E-state index contributed by atoms with van der Waals surface area (Å²) in [4.78, 5) is 0. The molecule has 0 bridgehead atoms. The van der Waals surface area contributed by atoms with Gasteiger partial charge in [-0.05, 0) is 0 Å². The van der Waals surface area contributed by atoms with Crippen LogP contribution in [-0.2, 0) is 19.4 Å². The van der Waals surface area contributed by atoms with E-state index >= 15 is 0 Å². The Morgan fingerprint density at radius 3 is 2.11 bits per heavy atom. The van der Waals surface area contributed by atoms with Crippen LogP contribution in [-0.4, -0.2) is 3.90 Å². The van der Waals surface area contributed by atoms with Crippen molar-refractivity contribution >= 4 is 3.90 Å². The van der Waals surface area contributed by atoms with Crippen LogP contribution in [0.4, 0.5) is 0 Å². The topological polar surface area (TPSA) is 0 Å². The molecule has 0 fully saturated rings. The zero-order chi connectivity index (χ0) is 7.44. The minimum absolute atomic E-state index is 0.756. The molecule has 0 unspecified atom stereocenters. The first-order valence-electron chi connectivity index (χ1n) is 3.22. The fourth-order valence-corrected chi connectivity index (χ4v) is 0.936. The van der Waals surface area contributed by atoms with Gasteiger partial charge in [-0.3, -0.25) is 0 Å². The first-order chi connectivity index (χ1) is 4.04. The van der Waals surface area contributed by atoms with Gasteiger partial charge in [0.15, 0.2) is 0 Å². The van der Waals surface area contributed by atoms with E-state index in [0.717, 1.165) is 12.3 Å². The van der Waals surface area contributed by atoms with Crippen molar-refractivity contribution in [2.45, 2.75) is 27.2 Å². The Morgan fingerprint density at radius 1 is 1.56 bits per heavy atom. The molecular weight excluding hydrogens is 280 g/mol. The molecule has 52 valence electrons. The zero-order valence-corrected chi connectivity index (χ0v) is 9.33. The number of rotatable bonds is 3. The molecule has 0 rings (SSSR count). The summed E-state index contributed by atoms with van der Waals surface area (Å²) in [5.41, 5.74) is 1.33. The van der Waals surface area contributed by atoms with Gasteiger partial charge in [-0.25, -0.2) is 0 Å². The number of allylic oxidation sites excluding steroid dienone is 1. The second-order valence-corrected chi connectivity index (χ2v) is 4.96. The molecule has 0 aromatic rings. The van der Waals surface area contributed by atoms with E-state index in [4.69, 9.17) is 0 Å². The molecule has 1 heteroatoms. The third-order valence-corrected chi connectivity index (χ3v) is 2.19. The van der Waals surface area contributed by atoms with Crippen molar-refractivity contribution in [3.63, 3.8) is 0 Å². The van der Waals surface area contributed by atoms with E-state index in [1.165, 1.54) is 9.47 Å². The van der Waals surface area contributed by atoms with Crippen LogP contribution in [0.2, 0.25) is 0 Å². The Morgan fingerprint density at radius 2 is 2.00 bits per heavy atom. The second-order valence-electron chi connectivity index (χ2n) is 2.76. The summed E-state index contributed by atoms with van der Waals surface area (Å²) >= 11 is 1.55. The summed E-state index contributed by atoms with van der Waals surface area (Å²) in [6.07, 6.45) is 1.16. The van der Waals surface area contributed by atoms with E-state index in [-0.39, 0.29) is 0 Å². The van der Waals surface area contributed by atoms with Gasteiger partial charge >= 0.3 is 68.5 Å². The third-order valence-electron chi connectivity index (χ3n) is 1.15. The molecule has 0 heterocycles. The van der Waals surface area contributed by atoms with Crippen molar-refractivity contribution in [2.24, 2.45) is 5.92 Å². The first kappa shape index (κ1) is 9.30. The molecule has 0 aliphatic heterocycles. The van der Waals surface area contributed by atoms with Crippen LogP contribution in [0, 0.1) is 5.92 Å². The third kappa shape index (κ3) is 4.78. The summed E-state index contributed by atoms with van der Waals surface area (Å²) < 4.78 is 1.45. The molecule has 0 nitrogen and oxygen atoms in total. The average molecular weight is 294 g/mol. The van der Waals surface area contributed by atoms with Crippen molar-refractivity contribution < 1.29 is 19.4 Å². The fraction of sp³-hybridized carbons (Fsp3) is 0.625. The van der Waals surface area contributed by atoms with Crippen molar-refractivity contribution in [1.82, 2.24) is 0 Å². The van der Waals surface area contributed by atoms with Gasteiger partial charge in [0.05, 0.1) is 0 Å². The molecule has 0 saturated heterocycles. The van der Waals surface area contributed by atoms with Crippen LogP contribution in [0.15, 0.2) is 12.2 Å². The molecule has 0 aromatic heterocycles. The molecule has 0 spiro atoms. The molecule has 0 N–H and O–H groups in total. The summed E-state index contributed by atoms with van der Waals surface area (Å²) in [5, 5.41) is 0. The molecule has 0 atom stereocenters. The van der Waals surface area contributed by atoms with Crippen molar-refractivity contribution in [2.75, 3.05) is 0 Å². The van der Waals surface area contributed by atoms with Gasteiger partial charge < -0.3 is 0 Å². The van der Waals surface area contributed by atoms with Gasteiger partial charge in [0.25, 0.3) is 0 Å². The SMILES string of the molecule is C=C(CC(C)C)[C](C)=[W]. The predicted molar refractivity (Wildman–Crippen MR) is 39.3 cm³/mol. The Kier molecular flexibility index (Phi) is 4.31. The molecule has 9 heavy (non-hydrogen) atoms. The van der Waals surface area contributed by atoms with Gasteiger partial charge in [-0.2, -0.15) is 0 Å². The summed E-state index contributed by atoms with van der Waals surface area (Å²) in [5.74, 6) is 0.756. The Balaban J connectivity index is 3.65. The van der Waals surface area contributed by atoms with E-state index in [1.54, 1.807) is 19.4 Å². The summed E-state index contributed by atoms with van der Waals surface area (Å²) in [6, 6.07) is 0. The van der Waals surface area contributed by atoms with Crippen LogP contribution in [0.1, 0.15) is 27.2 Å². The molecule has 0 aliphatic rings. The zero-order valence-electron chi connectivity index (χ0n) is 6.40. The Labute approximate surface area is 68.8 Å². The average Bonchev–Trinajstić information content (AvgIpc) is 1.63. The maximum absolute atomic E-state index is 3.98. The monoisotopic (exact) mass is 294 g/mol. The molecule has 0 saturated carbocycles. The predicted octanol–water partition coefficient (Wildman–Crippen LogP) is 2.33. The molecular formula is C8H14W. The molecule has 0 aromatic carbocycles. The maximum atomic E-state index is 3.98. The van der Waals surface area contributed by atoms with E-state index in [9.17, 15) is 0 Å². The van der Waals surface area contributed by atoms with E-state index in [2.05, 4.69) is 27.4 Å².